The van der Waals surface area contributed by atoms with E-state index >= 15 is 0 Å². The predicted molar refractivity (Wildman–Crippen MR) is 76.5 cm³/mol. The minimum absolute atomic E-state index is 0.336. The van der Waals surface area contributed by atoms with E-state index in [1.807, 2.05) is 12.4 Å². The summed E-state index contributed by atoms with van der Waals surface area (Å²) < 4.78 is 0. The van der Waals surface area contributed by atoms with E-state index in [4.69, 9.17) is 5.73 Å². The highest BCUT2D eigenvalue weighted by Crippen LogP contribution is 2.35. The van der Waals surface area contributed by atoms with Crippen LogP contribution in [0.2, 0.25) is 0 Å². The topological polar surface area (TPSA) is 42.2 Å². The average Bonchev–Trinajstić information content (AvgIpc) is 2.79. The molecule has 1 aromatic heterocycles. The fourth-order valence-corrected chi connectivity index (χ4v) is 2.93. The van der Waals surface area contributed by atoms with Crippen LogP contribution in [-0.2, 0) is 13.1 Å². The van der Waals surface area contributed by atoms with Gasteiger partial charge in [-0.1, -0.05) is 18.2 Å². The predicted octanol–water partition coefficient (Wildman–Crippen LogP) is 2.41. The van der Waals surface area contributed by atoms with Gasteiger partial charge in [0, 0.05) is 38.1 Å². The van der Waals surface area contributed by atoms with Gasteiger partial charge in [-0.2, -0.15) is 0 Å². The summed E-state index contributed by atoms with van der Waals surface area (Å²) in [5.41, 5.74) is 11.5. The second-order valence-corrected chi connectivity index (χ2v) is 5.15. The summed E-state index contributed by atoms with van der Waals surface area (Å²) in [6.07, 6.45) is 3.70. The highest BCUT2D eigenvalue weighted by Gasteiger charge is 2.29. The molecule has 1 aliphatic rings. The first-order valence-corrected chi connectivity index (χ1v) is 6.71. The van der Waals surface area contributed by atoms with Crippen molar-refractivity contribution < 1.29 is 0 Å². The van der Waals surface area contributed by atoms with Crippen LogP contribution in [0.15, 0.2) is 42.7 Å². The lowest BCUT2D eigenvalue weighted by Gasteiger charge is -2.23. The van der Waals surface area contributed by atoms with Crippen LogP contribution in [-0.4, -0.2) is 16.4 Å². The van der Waals surface area contributed by atoms with Crippen molar-refractivity contribution in [1.29, 1.82) is 0 Å². The maximum atomic E-state index is 5.99. The summed E-state index contributed by atoms with van der Waals surface area (Å²) in [6, 6.07) is 11.0. The monoisotopic (exact) mass is 253 g/mol. The van der Waals surface area contributed by atoms with Gasteiger partial charge in [-0.3, -0.25) is 9.88 Å². The number of hydrogen-bond donors (Lipinski definition) is 1. The van der Waals surface area contributed by atoms with Gasteiger partial charge in [0.15, 0.2) is 0 Å². The lowest BCUT2D eigenvalue weighted by Crippen LogP contribution is -2.27. The Morgan fingerprint density at radius 1 is 1.26 bits per heavy atom. The van der Waals surface area contributed by atoms with Crippen molar-refractivity contribution in [3.8, 4) is 0 Å². The van der Waals surface area contributed by atoms with Crippen LogP contribution in [0.1, 0.15) is 28.3 Å². The van der Waals surface area contributed by atoms with Crippen molar-refractivity contribution in [3.63, 3.8) is 0 Å². The third-order valence-corrected chi connectivity index (χ3v) is 3.97. The van der Waals surface area contributed by atoms with Gasteiger partial charge in [-0.25, -0.2) is 0 Å². The zero-order chi connectivity index (χ0) is 13.2. The molecule has 0 aliphatic carbocycles. The molecule has 0 saturated carbocycles. The normalized spacial score (nSPS) is 18.5. The van der Waals surface area contributed by atoms with Crippen LogP contribution < -0.4 is 5.73 Å². The Bertz CT molecular complexity index is 565. The molecule has 1 aromatic carbocycles. The SMILES string of the molecule is Cc1cccc2c1CN(Cc1ccncc1)C2CN. The molecule has 0 radical (unpaired) electrons. The largest absolute Gasteiger partial charge is 0.329 e. The first-order valence-electron chi connectivity index (χ1n) is 6.71. The number of pyridine rings is 1. The molecule has 1 aliphatic heterocycles. The summed E-state index contributed by atoms with van der Waals surface area (Å²) in [5, 5.41) is 0. The Balaban J connectivity index is 1.88. The molecular formula is C16H19N3. The van der Waals surface area contributed by atoms with Gasteiger partial charge in [-0.05, 0) is 41.3 Å². The molecule has 0 saturated heterocycles. The van der Waals surface area contributed by atoms with Gasteiger partial charge in [0.1, 0.15) is 0 Å². The molecule has 3 rings (SSSR count). The Kier molecular flexibility index (Phi) is 3.32. The Labute approximate surface area is 114 Å². The molecular weight excluding hydrogens is 234 g/mol. The average molecular weight is 253 g/mol. The molecule has 3 heteroatoms. The molecule has 3 nitrogen and oxygen atoms in total. The summed E-state index contributed by atoms with van der Waals surface area (Å²) in [4.78, 5) is 6.52. The quantitative estimate of drug-likeness (QED) is 0.913. The molecule has 1 atom stereocenters. The highest BCUT2D eigenvalue weighted by atomic mass is 15.2. The second-order valence-electron chi connectivity index (χ2n) is 5.15. The standard InChI is InChI=1S/C16H19N3/c1-12-3-2-4-14-15(12)11-19(16(14)9-17)10-13-5-7-18-8-6-13/h2-8,16H,9-11,17H2,1H3. The highest BCUT2D eigenvalue weighted by molar-refractivity contribution is 5.40. The molecule has 1 unspecified atom stereocenters. The number of aromatic nitrogens is 1. The second kappa shape index (κ2) is 5.11. The maximum absolute atomic E-state index is 5.99. The van der Waals surface area contributed by atoms with E-state index in [9.17, 15) is 0 Å². The van der Waals surface area contributed by atoms with Gasteiger partial charge in [0.05, 0.1) is 0 Å². The van der Waals surface area contributed by atoms with Crippen molar-refractivity contribution in [1.82, 2.24) is 9.88 Å². The summed E-state index contributed by atoms with van der Waals surface area (Å²) in [7, 11) is 0. The van der Waals surface area contributed by atoms with Crippen LogP contribution in [0, 0.1) is 6.92 Å². The van der Waals surface area contributed by atoms with Gasteiger partial charge < -0.3 is 5.73 Å². The molecule has 19 heavy (non-hydrogen) atoms. The van der Waals surface area contributed by atoms with Gasteiger partial charge >= 0.3 is 0 Å². The van der Waals surface area contributed by atoms with Crippen molar-refractivity contribution in [3.05, 3.63) is 65.0 Å². The number of fused-ring (bicyclic) bond motifs is 1. The van der Waals surface area contributed by atoms with Crippen LogP contribution in [0.4, 0.5) is 0 Å². The van der Waals surface area contributed by atoms with E-state index in [1.165, 1.54) is 22.3 Å². The van der Waals surface area contributed by atoms with E-state index in [-0.39, 0.29) is 0 Å². The molecule has 0 spiro atoms. The van der Waals surface area contributed by atoms with Crippen LogP contribution in [0.25, 0.3) is 0 Å². The minimum atomic E-state index is 0.336. The number of aryl methyl sites for hydroxylation is 1. The van der Waals surface area contributed by atoms with Gasteiger partial charge in [0.2, 0.25) is 0 Å². The van der Waals surface area contributed by atoms with Crippen molar-refractivity contribution in [2.24, 2.45) is 5.73 Å². The summed E-state index contributed by atoms with van der Waals surface area (Å²) in [6.45, 7) is 4.77. The van der Waals surface area contributed by atoms with E-state index in [0.29, 0.717) is 12.6 Å². The first kappa shape index (κ1) is 12.3. The third kappa shape index (κ3) is 2.27. The number of benzene rings is 1. The van der Waals surface area contributed by atoms with Crippen molar-refractivity contribution in [2.45, 2.75) is 26.1 Å². The van der Waals surface area contributed by atoms with Crippen molar-refractivity contribution in [2.75, 3.05) is 6.54 Å². The summed E-state index contributed by atoms with van der Waals surface area (Å²) >= 11 is 0. The Morgan fingerprint density at radius 2 is 2.05 bits per heavy atom. The van der Waals surface area contributed by atoms with Crippen LogP contribution >= 0.6 is 0 Å². The lowest BCUT2D eigenvalue weighted by atomic mass is 10.0. The molecule has 0 bridgehead atoms. The number of nitrogens with zero attached hydrogens (tertiary/aromatic N) is 2. The Morgan fingerprint density at radius 3 is 2.79 bits per heavy atom. The number of rotatable bonds is 3. The van der Waals surface area contributed by atoms with E-state index in [2.05, 4.69) is 47.1 Å². The molecule has 0 amide bonds. The zero-order valence-corrected chi connectivity index (χ0v) is 11.2. The molecule has 0 fully saturated rings. The smallest absolute Gasteiger partial charge is 0.0480 e. The van der Waals surface area contributed by atoms with E-state index in [1.54, 1.807) is 0 Å². The maximum Gasteiger partial charge on any atom is 0.0480 e. The third-order valence-electron chi connectivity index (χ3n) is 3.97. The van der Waals surface area contributed by atoms with Crippen LogP contribution in [0.3, 0.4) is 0 Å². The first-order chi connectivity index (χ1) is 9.29. The van der Waals surface area contributed by atoms with Gasteiger partial charge in [-0.15, -0.1) is 0 Å². The molecule has 2 heterocycles. The van der Waals surface area contributed by atoms with E-state index in [0.717, 1.165) is 13.1 Å². The van der Waals surface area contributed by atoms with E-state index < -0.39 is 0 Å². The molecule has 2 N–H and O–H groups in total. The summed E-state index contributed by atoms with van der Waals surface area (Å²) in [5.74, 6) is 0. The van der Waals surface area contributed by atoms with Crippen LogP contribution in [0.5, 0.6) is 0 Å². The minimum Gasteiger partial charge on any atom is -0.329 e. The molecule has 2 aromatic rings. The van der Waals surface area contributed by atoms with Gasteiger partial charge in [0.25, 0.3) is 0 Å². The van der Waals surface area contributed by atoms with Crippen molar-refractivity contribution >= 4 is 0 Å². The fraction of sp³-hybridized carbons (Fsp3) is 0.312. The number of hydrogen-bond acceptors (Lipinski definition) is 3. The fourth-order valence-electron chi connectivity index (χ4n) is 2.93. The lowest BCUT2D eigenvalue weighted by molar-refractivity contribution is 0.211. The zero-order valence-electron chi connectivity index (χ0n) is 11.2. The number of nitrogens with two attached hydrogens (primary N) is 1. The molecule has 98 valence electrons. The Hall–Kier alpha value is -1.71.